The highest BCUT2D eigenvalue weighted by Crippen LogP contribution is 2.37. The summed E-state index contributed by atoms with van der Waals surface area (Å²) in [6.07, 6.45) is 12.5. The fourth-order valence-corrected chi connectivity index (χ4v) is 14.1. The van der Waals surface area contributed by atoms with Gasteiger partial charge in [0.05, 0.1) is 45.9 Å². The Labute approximate surface area is 640 Å². The van der Waals surface area contributed by atoms with E-state index in [0.717, 1.165) is 128 Å². The minimum absolute atomic E-state index is 0.00864. The van der Waals surface area contributed by atoms with Crippen molar-refractivity contribution in [2.75, 3.05) is 87.8 Å². The van der Waals surface area contributed by atoms with Crippen molar-refractivity contribution < 1.29 is 66.3 Å². The molecule has 0 unspecified atom stereocenters. The van der Waals surface area contributed by atoms with Gasteiger partial charge >= 0.3 is 17.9 Å². The summed E-state index contributed by atoms with van der Waals surface area (Å²) in [5.74, 6) is -1.49. The van der Waals surface area contributed by atoms with E-state index in [-0.39, 0.29) is 60.6 Å². The zero-order valence-corrected chi connectivity index (χ0v) is 63.3. The Morgan fingerprint density at radius 3 is 1.00 bits per heavy atom. The lowest BCUT2D eigenvalue weighted by Gasteiger charge is -2.31. The van der Waals surface area contributed by atoms with Crippen LogP contribution in [0.25, 0.3) is 84.2 Å². The first-order valence-corrected chi connectivity index (χ1v) is 36.0. The molecule has 10 aromatic carbocycles. The van der Waals surface area contributed by atoms with Crippen LogP contribution in [0.1, 0.15) is 100 Å². The van der Waals surface area contributed by atoms with Gasteiger partial charge < -0.3 is 28.1 Å². The number of benzene rings is 10. The smallest absolute Gasteiger partial charge is 0.333 e. The SMILES string of the molecule is C=C(C)C(=O)N(C)CC1=Cc2cccc3cccc(c23)C1=O.C=C(C)C(=O)OCC1=Cc2cccc3cccc(c23)C1=O.C=C(C)C(=O)OCC[N+](C)(C)CC1=Cc2cccc3cccc(c23)C1=O.C=CC(=O)OCC1=Cc2cccc3cccc(c23)C1=O.C=CC[N+](C)(C)CC1=Cc2cccc3cccc(c23)C1=O. The van der Waals surface area contributed by atoms with Gasteiger partial charge in [0.1, 0.15) is 39.5 Å². The van der Waals surface area contributed by atoms with Crippen LogP contribution < -0.4 is 0 Å². The zero-order chi connectivity index (χ0) is 78.9. The number of ether oxygens (including phenoxy) is 3. The number of carbonyl (C=O) groups excluding carboxylic acids is 9. The van der Waals surface area contributed by atoms with E-state index in [1.54, 1.807) is 46.0 Å². The number of carbonyl (C=O) groups is 9. The second-order valence-corrected chi connectivity index (χ2v) is 29.2. The summed E-state index contributed by atoms with van der Waals surface area (Å²) < 4.78 is 16.6. The highest BCUT2D eigenvalue weighted by molar-refractivity contribution is 6.27. The van der Waals surface area contributed by atoms with Crippen LogP contribution in [0.2, 0.25) is 0 Å². The predicted octanol–water partition coefficient (Wildman–Crippen LogP) is 17.4. The molecule has 10 aromatic rings. The molecule has 15 nitrogen and oxygen atoms in total. The first-order chi connectivity index (χ1) is 52.6. The van der Waals surface area contributed by atoms with Gasteiger partial charge in [-0.25, -0.2) is 14.4 Å². The molecule has 0 aromatic heterocycles. The van der Waals surface area contributed by atoms with Gasteiger partial charge in [0, 0.05) is 108 Å². The van der Waals surface area contributed by atoms with Gasteiger partial charge in [-0.2, -0.15) is 0 Å². The summed E-state index contributed by atoms with van der Waals surface area (Å²) in [7, 11) is 9.99. The lowest BCUT2D eigenvalue weighted by atomic mass is 9.87. The lowest BCUT2D eigenvalue weighted by Crippen LogP contribution is -2.45. The van der Waals surface area contributed by atoms with Crippen molar-refractivity contribution in [3.8, 4) is 0 Å². The van der Waals surface area contributed by atoms with Crippen LogP contribution in [0.5, 0.6) is 0 Å². The fraction of sp³-hybridized carbons (Fsp3) is 0.168. The van der Waals surface area contributed by atoms with Crippen molar-refractivity contribution in [1.82, 2.24) is 4.90 Å². The molecule has 5 aliphatic carbocycles. The van der Waals surface area contributed by atoms with Gasteiger partial charge in [-0.15, -0.1) is 0 Å². The number of nitrogens with zero attached hydrogens (tertiary/aromatic N) is 3. The van der Waals surface area contributed by atoms with Crippen molar-refractivity contribution in [3.05, 3.63) is 327 Å². The highest BCUT2D eigenvalue weighted by Gasteiger charge is 2.31. The molecule has 0 aliphatic heterocycles. The Hall–Kier alpha value is -13.0. The normalized spacial score (nSPS) is 13.3. The van der Waals surface area contributed by atoms with E-state index in [2.05, 4.69) is 77.3 Å². The number of rotatable bonds is 19. The fourth-order valence-electron chi connectivity index (χ4n) is 14.1. The van der Waals surface area contributed by atoms with Gasteiger partial charge in [-0.3, -0.25) is 28.8 Å². The standard InChI is InChI=1S/C22H24NO3.C19H17NO2.C19H20NO.C18H14O3.C17H12O3/c1-15(2)22(25)26-12-11-23(3,4)14-18-13-17-9-5-7-16-8-6-10-19(20(16)17)21(18)24;1-12(2)19(22)20(3)11-15-10-14-8-4-6-13-7-5-9-16(17(13)14)18(15)21;1-4-11-20(2,3)13-16-12-15-9-5-7-14-8-6-10-17(18(14)15)19(16)21;1-11(2)18(20)21-10-14-9-13-7-3-5-12-6-4-8-15(16(12)13)17(14)19;1-2-15(18)20-10-13-9-12-7-3-5-11-6-4-8-14(16(11)12)17(13)19/h5-10,13H,1,11-12,14H2,2-4H3;4-10H,1,11H2,2-3H3;4-10,12H,1,11,13H2,2-3H3;3-9H,1,10H2,2H3;2-9H,1,10H2/q+1;;+1;;. The second-order valence-electron chi connectivity index (χ2n) is 29.2. The average Bonchev–Trinajstić information content (AvgIpc) is 0.790. The maximum atomic E-state index is 13.0. The number of amides is 1. The summed E-state index contributed by atoms with van der Waals surface area (Å²) in [6.45, 7) is 26.1. The summed E-state index contributed by atoms with van der Waals surface area (Å²) in [5.41, 5.74) is 13.3. The van der Waals surface area contributed by atoms with E-state index in [4.69, 9.17) is 14.2 Å². The highest BCUT2D eigenvalue weighted by atomic mass is 16.5. The number of esters is 3. The number of hydrogen-bond acceptors (Lipinski definition) is 12. The average molecular weight is 1460 g/mol. The number of ketones is 5. The van der Waals surface area contributed by atoms with Gasteiger partial charge in [0.15, 0.2) is 28.9 Å². The van der Waals surface area contributed by atoms with Crippen molar-refractivity contribution in [2.24, 2.45) is 0 Å². The molecule has 0 saturated carbocycles. The molecule has 110 heavy (non-hydrogen) atoms. The van der Waals surface area contributed by atoms with E-state index >= 15 is 0 Å². The van der Waals surface area contributed by atoms with Crippen LogP contribution in [0.4, 0.5) is 0 Å². The molecule has 552 valence electrons. The van der Waals surface area contributed by atoms with Crippen molar-refractivity contribution >= 4 is 137 Å². The van der Waals surface area contributed by atoms with Gasteiger partial charge in [-0.1, -0.05) is 215 Å². The molecule has 0 radical (unpaired) electrons. The van der Waals surface area contributed by atoms with E-state index in [1.807, 2.05) is 184 Å². The topological polar surface area (TPSA) is 185 Å². The molecule has 5 aliphatic rings. The van der Waals surface area contributed by atoms with Crippen molar-refractivity contribution in [2.45, 2.75) is 20.8 Å². The molecule has 15 rings (SSSR count). The number of Topliss-reactive ketones (excluding diaryl/α,β-unsaturated/α-hetero) is 5. The molecule has 0 heterocycles. The monoisotopic (exact) mass is 1460 g/mol. The Morgan fingerprint density at radius 1 is 0.382 bits per heavy atom. The van der Waals surface area contributed by atoms with Crippen LogP contribution in [0.15, 0.2) is 272 Å². The minimum atomic E-state index is -0.532. The van der Waals surface area contributed by atoms with E-state index in [0.29, 0.717) is 74.3 Å². The summed E-state index contributed by atoms with van der Waals surface area (Å²) >= 11 is 0. The third-order valence-electron chi connectivity index (χ3n) is 19.5. The first-order valence-electron chi connectivity index (χ1n) is 36.0. The van der Waals surface area contributed by atoms with Gasteiger partial charge in [0.25, 0.3) is 0 Å². The van der Waals surface area contributed by atoms with E-state index in [1.165, 1.54) is 4.90 Å². The Kier molecular flexibility index (Phi) is 23.8. The quantitative estimate of drug-likeness (QED) is 0.0246. The molecular weight excluding hydrogens is 1380 g/mol. The van der Waals surface area contributed by atoms with Crippen LogP contribution >= 0.6 is 0 Å². The second kappa shape index (κ2) is 33.5. The molecular formula is C95H87N3O12+2. The predicted molar refractivity (Wildman–Crippen MR) is 440 cm³/mol. The summed E-state index contributed by atoms with van der Waals surface area (Å²) in [5, 5.41) is 10.4. The van der Waals surface area contributed by atoms with Crippen LogP contribution in [-0.4, -0.2) is 154 Å². The lowest BCUT2D eigenvalue weighted by molar-refractivity contribution is -0.885. The number of hydrogen-bond donors (Lipinski definition) is 0. The molecule has 0 atom stereocenters. The van der Waals surface area contributed by atoms with Crippen molar-refractivity contribution in [3.63, 3.8) is 0 Å². The third-order valence-corrected chi connectivity index (χ3v) is 19.5. The Balaban J connectivity index is 0.000000137. The third kappa shape index (κ3) is 17.4. The molecule has 0 N–H and O–H groups in total. The summed E-state index contributed by atoms with van der Waals surface area (Å²) in [6, 6.07) is 58.9. The minimum Gasteiger partial charge on any atom is -0.458 e. The Morgan fingerprint density at radius 2 is 0.673 bits per heavy atom. The maximum absolute atomic E-state index is 13.0. The zero-order valence-electron chi connectivity index (χ0n) is 63.3. The van der Waals surface area contributed by atoms with E-state index < -0.39 is 11.9 Å². The molecule has 0 spiro atoms. The largest absolute Gasteiger partial charge is 0.458 e. The first kappa shape index (κ1) is 78.1. The molecule has 0 bridgehead atoms. The number of quaternary nitrogens is 2. The molecule has 0 saturated heterocycles. The molecule has 15 heteroatoms. The molecule has 0 fully saturated rings. The van der Waals surface area contributed by atoms with Gasteiger partial charge in [0.2, 0.25) is 5.91 Å². The van der Waals surface area contributed by atoms with Crippen LogP contribution in [0, 0.1) is 0 Å². The molecule has 1 amide bonds. The maximum Gasteiger partial charge on any atom is 0.333 e. The summed E-state index contributed by atoms with van der Waals surface area (Å²) in [4.78, 5) is 111. The Bertz CT molecular complexity index is 5740. The van der Waals surface area contributed by atoms with Crippen LogP contribution in [0.3, 0.4) is 0 Å². The van der Waals surface area contributed by atoms with Gasteiger partial charge in [-0.05, 0) is 112 Å². The van der Waals surface area contributed by atoms with E-state index in [9.17, 15) is 43.2 Å². The van der Waals surface area contributed by atoms with Crippen LogP contribution in [-0.2, 0) is 33.4 Å². The van der Waals surface area contributed by atoms with Crippen molar-refractivity contribution in [1.29, 1.82) is 0 Å². The number of likely N-dealkylation sites (N-methyl/N-ethyl adjacent to an activating group) is 3.